The summed E-state index contributed by atoms with van der Waals surface area (Å²) in [7, 11) is -3.51. The minimum Gasteiger partial charge on any atom is -0.352 e. The normalized spacial score (nSPS) is 12.8. The van der Waals surface area contributed by atoms with Gasteiger partial charge in [-0.1, -0.05) is 31.5 Å². The average molecular weight is 312 g/mol. The van der Waals surface area contributed by atoms with Gasteiger partial charge in [0, 0.05) is 6.04 Å². The molecule has 0 spiro atoms. The highest BCUT2D eigenvalue weighted by atomic mass is 32.2. The Kier molecular flexibility index (Phi) is 6.20. The van der Waals surface area contributed by atoms with E-state index >= 15 is 0 Å². The van der Waals surface area contributed by atoms with E-state index in [0.717, 1.165) is 29.0 Å². The monoisotopic (exact) mass is 312 g/mol. The smallest absolute Gasteiger partial charge is 0.240 e. The second kappa shape index (κ2) is 7.45. The van der Waals surface area contributed by atoms with Crippen molar-refractivity contribution in [1.82, 2.24) is 5.32 Å². The first-order chi connectivity index (χ1) is 9.75. The van der Waals surface area contributed by atoms with Gasteiger partial charge in [-0.25, -0.2) is 8.42 Å². The first-order valence-electron chi connectivity index (χ1n) is 7.08. The lowest BCUT2D eigenvalue weighted by Crippen LogP contribution is -2.43. The molecule has 5 nitrogen and oxygen atoms in total. The number of carbonyl (C=O) groups excluding carboxylic acids is 1. The second-order valence-corrected chi connectivity index (χ2v) is 7.22. The van der Waals surface area contributed by atoms with Crippen LogP contribution in [0.1, 0.15) is 32.3 Å². The molecule has 0 aliphatic heterocycles. The van der Waals surface area contributed by atoms with Gasteiger partial charge in [0.05, 0.1) is 11.9 Å². The van der Waals surface area contributed by atoms with E-state index in [1.54, 1.807) is 12.1 Å². The molecule has 0 saturated carbocycles. The number of hydrogen-bond donors (Lipinski definition) is 1. The zero-order chi connectivity index (χ0) is 16.0. The molecule has 0 aromatic heterocycles. The maximum atomic E-state index is 12.1. The molecule has 1 atom stereocenters. The Balaban J connectivity index is 2.92. The van der Waals surface area contributed by atoms with Gasteiger partial charge in [0.25, 0.3) is 0 Å². The number of hydrogen-bond acceptors (Lipinski definition) is 3. The van der Waals surface area contributed by atoms with Gasteiger partial charge in [0.15, 0.2) is 0 Å². The molecule has 21 heavy (non-hydrogen) atoms. The van der Waals surface area contributed by atoms with Gasteiger partial charge >= 0.3 is 0 Å². The SMILES string of the molecule is CCCC(C)NC(=O)CN(c1ccccc1C)S(C)(=O)=O. The molecule has 1 rings (SSSR count). The molecule has 0 radical (unpaired) electrons. The molecule has 0 bridgehead atoms. The fraction of sp³-hybridized carbons (Fsp3) is 0.533. The van der Waals surface area contributed by atoms with E-state index in [9.17, 15) is 13.2 Å². The molecule has 1 aromatic rings. The predicted octanol–water partition coefficient (Wildman–Crippen LogP) is 2.07. The number of nitrogens with zero attached hydrogens (tertiary/aromatic N) is 1. The van der Waals surface area contributed by atoms with Crippen LogP contribution < -0.4 is 9.62 Å². The standard InChI is InChI=1S/C15H24N2O3S/c1-5-8-13(3)16-15(18)11-17(21(4,19)20)14-10-7-6-9-12(14)2/h6-7,9-10,13H,5,8,11H2,1-4H3,(H,16,18). The van der Waals surface area contributed by atoms with Crippen molar-refractivity contribution in [2.45, 2.75) is 39.7 Å². The third-order valence-corrected chi connectivity index (χ3v) is 4.33. The van der Waals surface area contributed by atoms with Gasteiger partial charge in [-0.2, -0.15) is 0 Å². The summed E-state index contributed by atoms with van der Waals surface area (Å²) >= 11 is 0. The first-order valence-corrected chi connectivity index (χ1v) is 8.93. The first kappa shape index (κ1) is 17.5. The third-order valence-electron chi connectivity index (χ3n) is 3.20. The van der Waals surface area contributed by atoms with Gasteiger partial charge in [0.2, 0.25) is 15.9 Å². The average Bonchev–Trinajstić information content (AvgIpc) is 2.36. The number of para-hydroxylation sites is 1. The Morgan fingerprint density at radius 2 is 1.95 bits per heavy atom. The lowest BCUT2D eigenvalue weighted by Gasteiger charge is -2.24. The van der Waals surface area contributed by atoms with Gasteiger partial charge in [-0.3, -0.25) is 9.10 Å². The van der Waals surface area contributed by atoms with Crippen molar-refractivity contribution < 1.29 is 13.2 Å². The van der Waals surface area contributed by atoms with E-state index in [4.69, 9.17) is 0 Å². The number of benzene rings is 1. The minimum atomic E-state index is -3.51. The van der Waals surface area contributed by atoms with Gasteiger partial charge in [-0.15, -0.1) is 0 Å². The molecule has 0 saturated heterocycles. The number of carbonyl (C=O) groups is 1. The van der Waals surface area contributed by atoms with Crippen molar-refractivity contribution in [3.8, 4) is 0 Å². The summed E-state index contributed by atoms with van der Waals surface area (Å²) < 4.78 is 25.1. The molecule has 1 N–H and O–H groups in total. The van der Waals surface area contributed by atoms with Crippen LogP contribution in [0.15, 0.2) is 24.3 Å². The zero-order valence-corrected chi connectivity index (χ0v) is 13.9. The van der Waals surface area contributed by atoms with Crippen molar-refractivity contribution in [2.75, 3.05) is 17.1 Å². The molecule has 0 heterocycles. The fourth-order valence-electron chi connectivity index (χ4n) is 2.18. The lowest BCUT2D eigenvalue weighted by molar-refractivity contribution is -0.120. The van der Waals surface area contributed by atoms with Crippen LogP contribution in [0.3, 0.4) is 0 Å². The highest BCUT2D eigenvalue weighted by Gasteiger charge is 2.22. The van der Waals surface area contributed by atoms with Crippen LogP contribution in [-0.4, -0.2) is 33.2 Å². The summed E-state index contributed by atoms with van der Waals surface area (Å²) in [5.41, 5.74) is 1.36. The summed E-state index contributed by atoms with van der Waals surface area (Å²) in [5, 5.41) is 2.83. The largest absolute Gasteiger partial charge is 0.352 e. The van der Waals surface area contributed by atoms with Crippen LogP contribution in [0.25, 0.3) is 0 Å². The molecule has 0 aliphatic rings. The van der Waals surface area contributed by atoms with Crippen LogP contribution >= 0.6 is 0 Å². The number of nitrogens with one attached hydrogen (secondary N) is 1. The molecule has 0 aliphatic carbocycles. The number of rotatable bonds is 7. The number of amides is 1. The minimum absolute atomic E-state index is 0.0424. The Morgan fingerprint density at radius 3 is 2.48 bits per heavy atom. The molecular formula is C15H24N2O3S. The van der Waals surface area contributed by atoms with E-state index < -0.39 is 10.0 Å². The van der Waals surface area contributed by atoms with Gasteiger partial charge in [0.1, 0.15) is 6.54 Å². The molecule has 1 aromatic carbocycles. The molecule has 1 unspecified atom stereocenters. The summed E-state index contributed by atoms with van der Waals surface area (Å²) in [6, 6.07) is 7.17. The lowest BCUT2D eigenvalue weighted by atomic mass is 10.2. The highest BCUT2D eigenvalue weighted by Crippen LogP contribution is 2.21. The van der Waals surface area contributed by atoms with Crippen molar-refractivity contribution in [2.24, 2.45) is 0 Å². The molecule has 118 valence electrons. The quantitative estimate of drug-likeness (QED) is 0.838. The van der Waals surface area contributed by atoms with Crippen molar-refractivity contribution >= 4 is 21.6 Å². The fourth-order valence-corrected chi connectivity index (χ4v) is 3.09. The topological polar surface area (TPSA) is 66.5 Å². The predicted molar refractivity (Wildman–Crippen MR) is 85.9 cm³/mol. The summed E-state index contributed by atoms with van der Waals surface area (Å²) in [4.78, 5) is 12.1. The summed E-state index contributed by atoms with van der Waals surface area (Å²) in [6.07, 6.45) is 2.95. The van der Waals surface area contributed by atoms with Crippen LogP contribution in [0, 0.1) is 6.92 Å². The maximum Gasteiger partial charge on any atom is 0.240 e. The summed E-state index contributed by atoms with van der Waals surface area (Å²) in [6.45, 7) is 5.58. The highest BCUT2D eigenvalue weighted by molar-refractivity contribution is 7.92. The van der Waals surface area contributed by atoms with E-state index in [-0.39, 0.29) is 18.5 Å². The molecular weight excluding hydrogens is 288 g/mol. The second-order valence-electron chi connectivity index (χ2n) is 5.31. The van der Waals surface area contributed by atoms with Crippen molar-refractivity contribution in [3.05, 3.63) is 29.8 Å². The van der Waals surface area contributed by atoms with Crippen LogP contribution in [0.2, 0.25) is 0 Å². The van der Waals surface area contributed by atoms with Gasteiger partial charge < -0.3 is 5.32 Å². The van der Waals surface area contributed by atoms with E-state index in [0.29, 0.717) is 5.69 Å². The van der Waals surface area contributed by atoms with Crippen LogP contribution in [-0.2, 0) is 14.8 Å². The maximum absolute atomic E-state index is 12.1. The van der Waals surface area contributed by atoms with E-state index in [1.807, 2.05) is 32.9 Å². The number of aryl methyl sites for hydroxylation is 1. The number of anilines is 1. The van der Waals surface area contributed by atoms with Gasteiger partial charge in [-0.05, 0) is 31.9 Å². The van der Waals surface area contributed by atoms with E-state index in [2.05, 4.69) is 5.32 Å². The molecule has 6 heteroatoms. The Labute approximate surface area is 127 Å². The third kappa shape index (κ3) is 5.38. The van der Waals surface area contributed by atoms with Crippen molar-refractivity contribution in [3.63, 3.8) is 0 Å². The van der Waals surface area contributed by atoms with Crippen LogP contribution in [0.4, 0.5) is 5.69 Å². The number of sulfonamides is 1. The van der Waals surface area contributed by atoms with Crippen LogP contribution in [0.5, 0.6) is 0 Å². The molecule has 1 amide bonds. The van der Waals surface area contributed by atoms with Crippen molar-refractivity contribution in [1.29, 1.82) is 0 Å². The Hall–Kier alpha value is -1.56. The van der Waals surface area contributed by atoms with E-state index in [1.165, 1.54) is 0 Å². The zero-order valence-electron chi connectivity index (χ0n) is 13.1. The summed E-state index contributed by atoms with van der Waals surface area (Å²) in [5.74, 6) is -0.287. The molecule has 0 fully saturated rings. The Morgan fingerprint density at radius 1 is 1.33 bits per heavy atom. The Bertz CT molecular complexity index is 584.